The molecule has 2 aliphatic rings. The molecule has 2 aliphatic heterocycles. The maximum absolute atomic E-state index is 12.7. The van der Waals surface area contributed by atoms with E-state index in [0.29, 0.717) is 18.8 Å². The Labute approximate surface area is 165 Å². The smallest absolute Gasteiger partial charge is 0.257 e. The van der Waals surface area contributed by atoms with E-state index < -0.39 is 5.79 Å². The van der Waals surface area contributed by atoms with E-state index in [1.165, 1.54) is 0 Å². The van der Waals surface area contributed by atoms with E-state index in [2.05, 4.69) is 15.2 Å². The number of benzene rings is 1. The Morgan fingerprint density at radius 1 is 1.11 bits per heavy atom. The minimum Gasteiger partial charge on any atom is -0.378 e. The second-order valence-electron chi connectivity index (χ2n) is 7.42. The molecule has 0 aliphatic carbocycles. The van der Waals surface area contributed by atoms with E-state index in [4.69, 9.17) is 9.47 Å². The minimum absolute atomic E-state index is 0.164. The van der Waals surface area contributed by atoms with Crippen LogP contribution in [0.2, 0.25) is 0 Å². The van der Waals surface area contributed by atoms with Gasteiger partial charge in [0, 0.05) is 57.6 Å². The highest BCUT2D eigenvalue weighted by Gasteiger charge is 2.39. The summed E-state index contributed by atoms with van der Waals surface area (Å²) >= 11 is 0. The number of anilines is 3. The van der Waals surface area contributed by atoms with Gasteiger partial charge in [0.25, 0.3) is 5.91 Å². The van der Waals surface area contributed by atoms with Gasteiger partial charge in [0.1, 0.15) is 0 Å². The molecule has 28 heavy (non-hydrogen) atoms. The molecule has 2 fully saturated rings. The van der Waals surface area contributed by atoms with Crippen LogP contribution in [0.1, 0.15) is 23.2 Å². The first-order valence-electron chi connectivity index (χ1n) is 9.61. The summed E-state index contributed by atoms with van der Waals surface area (Å²) in [5, 5.41) is 2.94. The van der Waals surface area contributed by atoms with Gasteiger partial charge in [0.2, 0.25) is 0 Å². The molecule has 1 amide bonds. The van der Waals surface area contributed by atoms with Gasteiger partial charge in [-0.25, -0.2) is 0 Å². The van der Waals surface area contributed by atoms with Gasteiger partial charge >= 0.3 is 0 Å². The molecule has 1 N–H and O–H groups in total. The fourth-order valence-corrected chi connectivity index (χ4v) is 3.66. The van der Waals surface area contributed by atoms with Crippen LogP contribution in [-0.2, 0) is 9.47 Å². The van der Waals surface area contributed by atoms with E-state index in [9.17, 15) is 4.79 Å². The van der Waals surface area contributed by atoms with Crippen LogP contribution in [0.25, 0.3) is 0 Å². The average molecular weight is 382 g/mol. The number of hydrogen-bond donors (Lipinski definition) is 1. The van der Waals surface area contributed by atoms with Gasteiger partial charge in [-0.1, -0.05) is 0 Å². The third-order valence-electron chi connectivity index (χ3n) is 5.33. The van der Waals surface area contributed by atoms with E-state index >= 15 is 0 Å². The van der Waals surface area contributed by atoms with Crippen molar-refractivity contribution >= 4 is 23.0 Å². The molecule has 3 heterocycles. The van der Waals surface area contributed by atoms with Crippen LogP contribution < -0.4 is 15.1 Å². The van der Waals surface area contributed by atoms with Crippen LogP contribution in [0.5, 0.6) is 0 Å². The number of hydrogen-bond acceptors (Lipinski definition) is 6. The number of pyridine rings is 1. The first-order chi connectivity index (χ1) is 13.5. The van der Waals surface area contributed by atoms with Gasteiger partial charge in [-0.3, -0.25) is 9.78 Å². The number of amides is 1. The molecule has 0 unspecified atom stereocenters. The summed E-state index contributed by atoms with van der Waals surface area (Å²) in [6, 6.07) is 9.64. The average Bonchev–Trinajstić information content (AvgIpc) is 3.17. The van der Waals surface area contributed by atoms with Crippen molar-refractivity contribution in [3.63, 3.8) is 0 Å². The number of carbonyl (C=O) groups excluding carboxylic acids is 1. The molecule has 1 spiro atoms. The summed E-state index contributed by atoms with van der Waals surface area (Å²) in [5.74, 6) is -0.569. The quantitative estimate of drug-likeness (QED) is 0.877. The van der Waals surface area contributed by atoms with Crippen molar-refractivity contribution < 1.29 is 14.3 Å². The first-order valence-corrected chi connectivity index (χ1v) is 9.61. The zero-order chi connectivity index (χ0) is 19.6. The SMILES string of the molecule is CN(C)c1ccc(NC(=O)c2cncc(N3CCC4(CC3)OCCO4)c2)cc1. The van der Waals surface area contributed by atoms with Crippen LogP contribution >= 0.6 is 0 Å². The predicted molar refractivity (Wildman–Crippen MR) is 109 cm³/mol. The first kappa shape index (κ1) is 18.7. The molecule has 0 saturated carbocycles. The molecule has 2 saturated heterocycles. The normalized spacial score (nSPS) is 18.3. The Hall–Kier alpha value is -2.64. The Kier molecular flexibility index (Phi) is 5.19. The van der Waals surface area contributed by atoms with Gasteiger partial charge in [-0.05, 0) is 30.3 Å². The summed E-state index contributed by atoms with van der Waals surface area (Å²) in [4.78, 5) is 21.2. The molecule has 0 bridgehead atoms. The van der Waals surface area contributed by atoms with Crippen LogP contribution in [0, 0.1) is 0 Å². The zero-order valence-electron chi connectivity index (χ0n) is 16.4. The summed E-state index contributed by atoms with van der Waals surface area (Å²) in [7, 11) is 3.97. The van der Waals surface area contributed by atoms with E-state index in [1.54, 1.807) is 12.4 Å². The number of ether oxygens (including phenoxy) is 2. The predicted octanol–water partition coefficient (Wildman–Crippen LogP) is 2.74. The molecular weight excluding hydrogens is 356 g/mol. The molecule has 4 rings (SSSR count). The second kappa shape index (κ2) is 7.77. The third kappa shape index (κ3) is 3.95. The van der Waals surface area contributed by atoms with Crippen LogP contribution in [0.4, 0.5) is 17.1 Å². The number of aromatic nitrogens is 1. The molecular formula is C21H26N4O3. The standard InChI is InChI=1S/C21H26N4O3/c1-24(2)18-5-3-17(4-6-18)23-20(26)16-13-19(15-22-14-16)25-9-7-21(8-10-25)27-11-12-28-21/h3-6,13-15H,7-12H2,1-2H3,(H,23,26). The lowest BCUT2D eigenvalue weighted by atomic mass is 10.0. The molecule has 2 aromatic rings. The lowest BCUT2D eigenvalue weighted by Gasteiger charge is -2.38. The van der Waals surface area contributed by atoms with Crippen LogP contribution in [0.3, 0.4) is 0 Å². The lowest BCUT2D eigenvalue weighted by Crippen LogP contribution is -2.45. The van der Waals surface area contributed by atoms with Crippen molar-refractivity contribution in [2.45, 2.75) is 18.6 Å². The lowest BCUT2D eigenvalue weighted by molar-refractivity contribution is -0.169. The van der Waals surface area contributed by atoms with Gasteiger partial charge < -0.3 is 24.6 Å². The molecule has 7 nitrogen and oxygen atoms in total. The third-order valence-corrected chi connectivity index (χ3v) is 5.33. The molecule has 1 aromatic heterocycles. The largest absolute Gasteiger partial charge is 0.378 e. The fraction of sp³-hybridized carbons (Fsp3) is 0.429. The maximum atomic E-state index is 12.7. The second-order valence-corrected chi connectivity index (χ2v) is 7.42. The minimum atomic E-state index is -0.405. The van der Waals surface area contributed by atoms with Crippen molar-refractivity contribution in [1.82, 2.24) is 4.98 Å². The fourth-order valence-electron chi connectivity index (χ4n) is 3.66. The molecule has 1 aromatic carbocycles. The van der Waals surface area contributed by atoms with Crippen LogP contribution in [0.15, 0.2) is 42.7 Å². The van der Waals surface area contributed by atoms with Crippen LogP contribution in [-0.4, -0.2) is 57.1 Å². The maximum Gasteiger partial charge on any atom is 0.257 e. The highest BCUT2D eigenvalue weighted by Crippen LogP contribution is 2.33. The molecule has 148 valence electrons. The van der Waals surface area contributed by atoms with Crippen molar-refractivity contribution in [3.8, 4) is 0 Å². The number of rotatable bonds is 4. The summed E-state index contributed by atoms with van der Waals surface area (Å²) in [5.41, 5.74) is 3.34. The number of piperidine rings is 1. The van der Waals surface area contributed by atoms with E-state index in [-0.39, 0.29) is 5.91 Å². The van der Waals surface area contributed by atoms with Crippen molar-refractivity contribution in [2.24, 2.45) is 0 Å². The van der Waals surface area contributed by atoms with Gasteiger partial charge in [0.05, 0.1) is 30.7 Å². The number of carbonyl (C=O) groups is 1. The van der Waals surface area contributed by atoms with Crippen molar-refractivity contribution in [2.75, 3.05) is 55.5 Å². The highest BCUT2D eigenvalue weighted by molar-refractivity contribution is 6.04. The topological polar surface area (TPSA) is 66.9 Å². The summed E-state index contributed by atoms with van der Waals surface area (Å²) < 4.78 is 11.6. The Morgan fingerprint density at radius 3 is 2.43 bits per heavy atom. The number of nitrogens with one attached hydrogen (secondary N) is 1. The van der Waals surface area contributed by atoms with E-state index in [1.807, 2.05) is 49.3 Å². The Balaban J connectivity index is 1.41. The monoisotopic (exact) mass is 382 g/mol. The van der Waals surface area contributed by atoms with Gasteiger partial charge in [0.15, 0.2) is 5.79 Å². The molecule has 7 heteroatoms. The summed E-state index contributed by atoms with van der Waals surface area (Å²) in [6.07, 6.45) is 5.04. The Morgan fingerprint density at radius 2 is 1.79 bits per heavy atom. The number of nitrogens with zero attached hydrogens (tertiary/aromatic N) is 3. The van der Waals surface area contributed by atoms with Crippen molar-refractivity contribution in [1.29, 1.82) is 0 Å². The van der Waals surface area contributed by atoms with Gasteiger partial charge in [-0.15, -0.1) is 0 Å². The Bertz CT molecular complexity index is 822. The van der Waals surface area contributed by atoms with Gasteiger partial charge in [-0.2, -0.15) is 0 Å². The van der Waals surface area contributed by atoms with Crippen molar-refractivity contribution in [3.05, 3.63) is 48.3 Å². The molecule has 0 atom stereocenters. The highest BCUT2D eigenvalue weighted by atomic mass is 16.7. The molecule has 0 radical (unpaired) electrons. The summed E-state index contributed by atoms with van der Waals surface area (Å²) in [6.45, 7) is 2.98. The van der Waals surface area contributed by atoms with E-state index in [0.717, 1.165) is 43.0 Å². The zero-order valence-corrected chi connectivity index (χ0v) is 16.4.